The summed E-state index contributed by atoms with van der Waals surface area (Å²) in [6, 6.07) is 0. The fourth-order valence-electron chi connectivity index (χ4n) is 2.34. The minimum absolute atomic E-state index is 0.731. The van der Waals surface area contributed by atoms with Crippen LogP contribution < -0.4 is 5.32 Å². The number of anilines is 1. The lowest BCUT2D eigenvalue weighted by Gasteiger charge is -2.07. The second-order valence-corrected chi connectivity index (χ2v) is 5.82. The second kappa shape index (κ2) is 4.86. The van der Waals surface area contributed by atoms with Crippen molar-refractivity contribution < 1.29 is 0 Å². The highest BCUT2D eigenvalue weighted by Crippen LogP contribution is 2.28. The largest absolute Gasteiger partial charge is 0.365 e. The molecule has 0 bridgehead atoms. The molecule has 0 fully saturated rings. The van der Waals surface area contributed by atoms with Gasteiger partial charge in [-0.2, -0.15) is 5.10 Å². The Morgan fingerprint density at radius 2 is 2.05 bits per heavy atom. The smallest absolute Gasteiger partial charge is 0.147 e. The molecule has 0 aliphatic heterocycles. The zero-order chi connectivity index (χ0) is 14.3. The minimum Gasteiger partial charge on any atom is -0.365 e. The zero-order valence-corrected chi connectivity index (χ0v) is 12.9. The number of aryl methyl sites for hydroxylation is 3. The zero-order valence-electron chi connectivity index (χ0n) is 12.1. The molecular weight excluding hydrogens is 270 g/mol. The summed E-state index contributed by atoms with van der Waals surface area (Å²) in [7, 11) is 1.97. The Morgan fingerprint density at radius 1 is 1.25 bits per heavy atom. The standard InChI is InChI=1S/C14H17N5S/c1-8-6-20-13-12(8)16-7-17-14(13)15-5-11-9(2)18-19(4)10(11)3/h6-7H,5H2,1-4H3,(H,15,16,17). The highest BCUT2D eigenvalue weighted by Gasteiger charge is 2.11. The Hall–Kier alpha value is -1.95. The highest BCUT2D eigenvalue weighted by molar-refractivity contribution is 7.18. The summed E-state index contributed by atoms with van der Waals surface area (Å²) in [5.74, 6) is 0.899. The molecular formula is C14H17N5S. The first-order chi connectivity index (χ1) is 9.58. The van der Waals surface area contributed by atoms with E-state index in [1.807, 2.05) is 18.7 Å². The maximum atomic E-state index is 4.44. The lowest BCUT2D eigenvalue weighted by molar-refractivity contribution is 0.730. The Morgan fingerprint density at radius 3 is 2.75 bits per heavy atom. The third-order valence-corrected chi connectivity index (χ3v) is 4.72. The van der Waals surface area contributed by atoms with Crippen molar-refractivity contribution in [2.45, 2.75) is 27.3 Å². The average Bonchev–Trinajstić information content (AvgIpc) is 2.91. The van der Waals surface area contributed by atoms with Gasteiger partial charge in [-0.15, -0.1) is 11.3 Å². The predicted molar refractivity (Wildman–Crippen MR) is 82.2 cm³/mol. The summed E-state index contributed by atoms with van der Waals surface area (Å²) in [5.41, 5.74) is 5.71. The number of fused-ring (bicyclic) bond motifs is 1. The number of hydrogen-bond acceptors (Lipinski definition) is 5. The van der Waals surface area contributed by atoms with E-state index in [4.69, 9.17) is 0 Å². The van der Waals surface area contributed by atoms with Gasteiger partial charge in [0.05, 0.1) is 15.9 Å². The summed E-state index contributed by atoms with van der Waals surface area (Å²) in [6.45, 7) is 6.93. The third-order valence-electron chi connectivity index (χ3n) is 3.62. The first-order valence-corrected chi connectivity index (χ1v) is 7.37. The van der Waals surface area contributed by atoms with Crippen LogP contribution in [0.15, 0.2) is 11.7 Å². The summed E-state index contributed by atoms with van der Waals surface area (Å²) < 4.78 is 3.03. The third kappa shape index (κ3) is 2.06. The van der Waals surface area contributed by atoms with Gasteiger partial charge in [0.25, 0.3) is 0 Å². The molecule has 0 radical (unpaired) electrons. The number of aromatic nitrogens is 4. The van der Waals surface area contributed by atoms with Crippen molar-refractivity contribution in [1.82, 2.24) is 19.7 Å². The van der Waals surface area contributed by atoms with Crippen molar-refractivity contribution in [3.8, 4) is 0 Å². The normalized spacial score (nSPS) is 11.2. The van der Waals surface area contributed by atoms with E-state index in [1.54, 1.807) is 17.7 Å². The van der Waals surface area contributed by atoms with Crippen molar-refractivity contribution in [2.75, 3.05) is 5.32 Å². The first kappa shape index (κ1) is 13.1. The van der Waals surface area contributed by atoms with Gasteiger partial charge in [-0.1, -0.05) is 0 Å². The molecule has 5 nitrogen and oxygen atoms in total. The lowest BCUT2D eigenvalue weighted by Crippen LogP contribution is -2.04. The van der Waals surface area contributed by atoms with Crippen LogP contribution in [0.3, 0.4) is 0 Å². The van der Waals surface area contributed by atoms with Gasteiger partial charge in [0.1, 0.15) is 12.1 Å². The van der Waals surface area contributed by atoms with Crippen LogP contribution in [0.25, 0.3) is 10.2 Å². The van der Waals surface area contributed by atoms with Gasteiger partial charge in [-0.3, -0.25) is 4.68 Å². The molecule has 0 atom stereocenters. The van der Waals surface area contributed by atoms with Crippen LogP contribution in [-0.4, -0.2) is 19.7 Å². The molecule has 0 aliphatic rings. The summed E-state index contributed by atoms with van der Waals surface area (Å²) >= 11 is 1.68. The quantitative estimate of drug-likeness (QED) is 0.804. The average molecular weight is 287 g/mol. The molecule has 0 spiro atoms. The number of nitrogens with one attached hydrogen (secondary N) is 1. The van der Waals surface area contributed by atoms with Crippen LogP contribution in [0.2, 0.25) is 0 Å². The molecule has 3 aromatic rings. The van der Waals surface area contributed by atoms with Crippen LogP contribution in [0.1, 0.15) is 22.5 Å². The molecule has 3 heterocycles. The number of thiophene rings is 1. The van der Waals surface area contributed by atoms with Crippen molar-refractivity contribution in [1.29, 1.82) is 0 Å². The Kier molecular flexibility index (Phi) is 3.17. The molecule has 3 aromatic heterocycles. The Bertz CT molecular complexity index is 771. The first-order valence-electron chi connectivity index (χ1n) is 6.49. The van der Waals surface area contributed by atoms with E-state index in [0.29, 0.717) is 0 Å². The van der Waals surface area contributed by atoms with Gasteiger partial charge in [0.2, 0.25) is 0 Å². The SMILES string of the molecule is Cc1nn(C)c(C)c1CNc1ncnc2c(C)csc12. The molecule has 3 rings (SSSR count). The number of nitrogens with zero attached hydrogens (tertiary/aromatic N) is 4. The van der Waals surface area contributed by atoms with Crippen molar-refractivity contribution in [2.24, 2.45) is 7.05 Å². The summed E-state index contributed by atoms with van der Waals surface area (Å²) in [6.07, 6.45) is 1.62. The maximum absolute atomic E-state index is 4.44. The Balaban J connectivity index is 1.90. The van der Waals surface area contributed by atoms with Gasteiger partial charge in [-0.05, 0) is 31.7 Å². The second-order valence-electron chi connectivity index (χ2n) is 4.95. The molecule has 0 saturated heterocycles. The van der Waals surface area contributed by atoms with Crippen molar-refractivity contribution in [3.63, 3.8) is 0 Å². The van der Waals surface area contributed by atoms with Gasteiger partial charge in [0.15, 0.2) is 0 Å². The van der Waals surface area contributed by atoms with Crippen LogP contribution in [0.4, 0.5) is 5.82 Å². The number of hydrogen-bond donors (Lipinski definition) is 1. The van der Waals surface area contributed by atoms with E-state index >= 15 is 0 Å². The monoisotopic (exact) mass is 287 g/mol. The molecule has 0 aliphatic carbocycles. The molecule has 0 aromatic carbocycles. The van der Waals surface area contributed by atoms with E-state index in [1.165, 1.54) is 16.8 Å². The van der Waals surface area contributed by atoms with E-state index in [-0.39, 0.29) is 0 Å². The fraction of sp³-hybridized carbons (Fsp3) is 0.357. The van der Waals surface area contributed by atoms with Crippen LogP contribution in [0.5, 0.6) is 0 Å². The van der Waals surface area contributed by atoms with E-state index < -0.39 is 0 Å². The molecule has 104 valence electrons. The lowest BCUT2D eigenvalue weighted by atomic mass is 10.2. The molecule has 20 heavy (non-hydrogen) atoms. The summed E-state index contributed by atoms with van der Waals surface area (Å²) in [5, 5.41) is 9.97. The van der Waals surface area contributed by atoms with Gasteiger partial charge < -0.3 is 5.32 Å². The van der Waals surface area contributed by atoms with E-state index in [9.17, 15) is 0 Å². The molecule has 0 unspecified atom stereocenters. The predicted octanol–water partition coefficient (Wildman–Crippen LogP) is 2.96. The fourth-order valence-corrected chi connectivity index (χ4v) is 3.31. The van der Waals surface area contributed by atoms with Crippen molar-refractivity contribution >= 4 is 27.4 Å². The van der Waals surface area contributed by atoms with E-state index in [2.05, 4.69) is 39.6 Å². The molecule has 0 saturated carbocycles. The van der Waals surface area contributed by atoms with Crippen LogP contribution >= 0.6 is 11.3 Å². The van der Waals surface area contributed by atoms with Crippen LogP contribution in [-0.2, 0) is 13.6 Å². The van der Waals surface area contributed by atoms with Gasteiger partial charge in [-0.25, -0.2) is 9.97 Å². The van der Waals surface area contributed by atoms with E-state index in [0.717, 1.165) is 28.3 Å². The Labute approximate surface area is 121 Å². The van der Waals surface area contributed by atoms with Gasteiger partial charge >= 0.3 is 0 Å². The summed E-state index contributed by atoms with van der Waals surface area (Å²) in [4.78, 5) is 8.70. The highest BCUT2D eigenvalue weighted by atomic mass is 32.1. The van der Waals surface area contributed by atoms with Crippen LogP contribution in [0, 0.1) is 20.8 Å². The minimum atomic E-state index is 0.731. The maximum Gasteiger partial charge on any atom is 0.147 e. The molecule has 6 heteroatoms. The molecule has 0 amide bonds. The molecule has 1 N–H and O–H groups in total. The van der Waals surface area contributed by atoms with Crippen molar-refractivity contribution in [3.05, 3.63) is 34.2 Å². The van der Waals surface area contributed by atoms with Gasteiger partial charge in [0, 0.05) is 24.8 Å². The topological polar surface area (TPSA) is 55.6 Å². The number of rotatable bonds is 3.